The first-order chi connectivity index (χ1) is 10.0. The topological polar surface area (TPSA) is 54.4 Å². The van der Waals surface area contributed by atoms with E-state index < -0.39 is 0 Å². The normalized spacial score (nSPS) is 15.4. The van der Waals surface area contributed by atoms with Crippen LogP contribution < -0.4 is 0 Å². The molecule has 0 aromatic rings. The molecule has 0 aromatic carbocycles. The van der Waals surface area contributed by atoms with Crippen molar-refractivity contribution in [2.45, 2.75) is 59.3 Å². The molecule has 0 fully saturated rings. The number of hydrogen-bond donors (Lipinski definition) is 1. The van der Waals surface area contributed by atoms with Gasteiger partial charge in [0.1, 0.15) is 0 Å². The molecule has 0 heterocycles. The van der Waals surface area contributed by atoms with Crippen molar-refractivity contribution in [3.05, 3.63) is 22.3 Å². The van der Waals surface area contributed by atoms with Crippen molar-refractivity contribution in [1.82, 2.24) is 0 Å². The lowest BCUT2D eigenvalue weighted by Gasteiger charge is -2.18. The summed E-state index contributed by atoms with van der Waals surface area (Å²) in [5.41, 5.74) is 2.45. The van der Waals surface area contributed by atoms with E-state index >= 15 is 0 Å². The van der Waals surface area contributed by atoms with E-state index in [0.717, 1.165) is 32.1 Å². The molecule has 0 aromatic heterocycles. The Bertz CT molecular complexity index is 539. The van der Waals surface area contributed by atoms with Crippen LogP contribution in [0.2, 0.25) is 0 Å². The summed E-state index contributed by atoms with van der Waals surface area (Å²) in [5, 5.41) is 8.63. The molecule has 0 atom stereocenters. The minimum atomic E-state index is 0.00546. The molecule has 114 valence electrons. The first-order valence-electron chi connectivity index (χ1n) is 7.54. The van der Waals surface area contributed by atoms with E-state index in [1.165, 1.54) is 0 Å². The molecular formula is C18H24O3. The van der Waals surface area contributed by atoms with Gasteiger partial charge in [0.2, 0.25) is 0 Å². The Labute approximate surface area is 127 Å². The summed E-state index contributed by atoms with van der Waals surface area (Å²) < 4.78 is 0. The van der Waals surface area contributed by atoms with Crippen molar-refractivity contribution < 1.29 is 14.7 Å². The molecule has 1 N–H and O–H groups in total. The van der Waals surface area contributed by atoms with Gasteiger partial charge in [0, 0.05) is 41.7 Å². The Morgan fingerprint density at radius 2 is 1.38 bits per heavy atom. The fourth-order valence-corrected chi connectivity index (χ4v) is 2.32. The molecule has 3 nitrogen and oxygen atoms in total. The van der Waals surface area contributed by atoms with Gasteiger partial charge in [-0.05, 0) is 46.5 Å². The number of aliphatic hydroxyl groups excluding tert-OH is 1. The highest BCUT2D eigenvalue weighted by molar-refractivity contribution is 6.24. The highest BCUT2D eigenvalue weighted by Crippen LogP contribution is 2.27. The number of unbranched alkanes of at least 4 members (excludes halogenated alkanes) is 3. The summed E-state index contributed by atoms with van der Waals surface area (Å²) in [7, 11) is 0. The Hall–Kier alpha value is -1.66. The standard InChI is InChI=1S/C18H24O3/c1-13-14(2)18(21)16(15(3)17(13)20)11-9-7-5-4-6-8-10-12-19/h19H,5,7-12H2,1-3H3. The van der Waals surface area contributed by atoms with Gasteiger partial charge in [0.25, 0.3) is 0 Å². The third-order valence-corrected chi connectivity index (χ3v) is 3.87. The number of hydrogen-bond acceptors (Lipinski definition) is 3. The van der Waals surface area contributed by atoms with Crippen LogP contribution in [0.25, 0.3) is 0 Å². The predicted octanol–water partition coefficient (Wildman–Crippen LogP) is 3.13. The quantitative estimate of drug-likeness (QED) is 0.464. The summed E-state index contributed by atoms with van der Waals surface area (Å²) >= 11 is 0. The average molecular weight is 288 g/mol. The second-order valence-corrected chi connectivity index (χ2v) is 5.40. The number of ketones is 2. The Morgan fingerprint density at radius 3 is 2.00 bits per heavy atom. The van der Waals surface area contributed by atoms with Crippen LogP contribution in [0.5, 0.6) is 0 Å². The van der Waals surface area contributed by atoms with Crippen molar-refractivity contribution in [2.75, 3.05) is 6.61 Å². The zero-order valence-electron chi connectivity index (χ0n) is 13.2. The second-order valence-electron chi connectivity index (χ2n) is 5.40. The molecule has 0 unspecified atom stereocenters. The van der Waals surface area contributed by atoms with Crippen LogP contribution >= 0.6 is 0 Å². The molecule has 1 aliphatic carbocycles. The molecule has 0 amide bonds. The number of Topliss-reactive ketones (excluding diaryl/α,β-unsaturated/α-hetero) is 2. The van der Waals surface area contributed by atoms with Gasteiger partial charge in [-0.2, -0.15) is 0 Å². The molecule has 1 rings (SSSR count). The Kier molecular flexibility index (Phi) is 7.11. The van der Waals surface area contributed by atoms with E-state index in [1.54, 1.807) is 20.8 Å². The van der Waals surface area contributed by atoms with Crippen molar-refractivity contribution >= 4 is 11.6 Å². The Morgan fingerprint density at radius 1 is 0.810 bits per heavy atom. The van der Waals surface area contributed by atoms with Crippen LogP contribution in [0.3, 0.4) is 0 Å². The molecule has 1 aliphatic rings. The van der Waals surface area contributed by atoms with Crippen LogP contribution in [-0.4, -0.2) is 23.3 Å². The lowest BCUT2D eigenvalue weighted by atomic mass is 9.84. The number of allylic oxidation sites excluding steroid dienone is 4. The molecular weight excluding hydrogens is 264 g/mol. The van der Waals surface area contributed by atoms with Crippen molar-refractivity contribution in [3.8, 4) is 11.8 Å². The average Bonchev–Trinajstić information content (AvgIpc) is 2.49. The van der Waals surface area contributed by atoms with Gasteiger partial charge in [-0.1, -0.05) is 0 Å². The van der Waals surface area contributed by atoms with Crippen LogP contribution in [0.15, 0.2) is 22.3 Å². The third-order valence-electron chi connectivity index (χ3n) is 3.87. The number of aliphatic hydroxyl groups is 1. The minimum Gasteiger partial charge on any atom is -0.396 e. The zero-order chi connectivity index (χ0) is 15.8. The summed E-state index contributed by atoms with van der Waals surface area (Å²) in [5.74, 6) is 6.11. The lowest BCUT2D eigenvalue weighted by Crippen LogP contribution is -2.20. The van der Waals surface area contributed by atoms with Gasteiger partial charge in [-0.3, -0.25) is 9.59 Å². The summed E-state index contributed by atoms with van der Waals surface area (Å²) in [6.45, 7) is 5.39. The van der Waals surface area contributed by atoms with Gasteiger partial charge in [0.15, 0.2) is 11.6 Å². The van der Waals surface area contributed by atoms with E-state index in [1.807, 2.05) is 0 Å². The number of carbonyl (C=O) groups is 2. The first-order valence-corrected chi connectivity index (χ1v) is 7.54. The van der Waals surface area contributed by atoms with Crippen molar-refractivity contribution in [1.29, 1.82) is 0 Å². The maximum atomic E-state index is 12.2. The molecule has 0 bridgehead atoms. The molecule has 0 spiro atoms. The molecule has 0 aliphatic heterocycles. The van der Waals surface area contributed by atoms with Crippen LogP contribution in [-0.2, 0) is 9.59 Å². The molecule has 0 saturated carbocycles. The van der Waals surface area contributed by atoms with Crippen molar-refractivity contribution in [2.24, 2.45) is 0 Å². The maximum Gasteiger partial charge on any atom is 0.185 e. The van der Waals surface area contributed by atoms with Crippen LogP contribution in [0.1, 0.15) is 59.3 Å². The Balaban J connectivity index is 2.46. The molecule has 3 heteroatoms. The number of carbonyl (C=O) groups excluding carboxylic acids is 2. The minimum absolute atomic E-state index is 0.00546. The molecule has 0 radical (unpaired) electrons. The summed E-state index contributed by atoms with van der Waals surface area (Å²) in [6.07, 6.45) is 4.70. The maximum absolute atomic E-state index is 12.2. The van der Waals surface area contributed by atoms with Gasteiger partial charge in [-0.25, -0.2) is 0 Å². The summed E-state index contributed by atoms with van der Waals surface area (Å²) in [4.78, 5) is 24.2. The SMILES string of the molecule is CC1=C(C)C(=O)C(CCCCC#CCCCO)=C(C)C1=O. The predicted molar refractivity (Wildman–Crippen MR) is 83.7 cm³/mol. The smallest absolute Gasteiger partial charge is 0.185 e. The van der Waals surface area contributed by atoms with Crippen LogP contribution in [0.4, 0.5) is 0 Å². The highest BCUT2D eigenvalue weighted by atomic mass is 16.2. The zero-order valence-corrected chi connectivity index (χ0v) is 13.2. The fraction of sp³-hybridized carbons (Fsp3) is 0.556. The van der Waals surface area contributed by atoms with Gasteiger partial charge in [0.05, 0.1) is 0 Å². The van der Waals surface area contributed by atoms with E-state index in [2.05, 4.69) is 11.8 Å². The van der Waals surface area contributed by atoms with Gasteiger partial charge in [-0.15, -0.1) is 11.8 Å². The largest absolute Gasteiger partial charge is 0.396 e. The summed E-state index contributed by atoms with van der Waals surface area (Å²) in [6, 6.07) is 0. The van der Waals surface area contributed by atoms with E-state index in [4.69, 9.17) is 5.11 Å². The first kappa shape index (κ1) is 17.4. The molecule has 21 heavy (non-hydrogen) atoms. The monoisotopic (exact) mass is 288 g/mol. The van der Waals surface area contributed by atoms with E-state index in [0.29, 0.717) is 28.7 Å². The lowest BCUT2D eigenvalue weighted by molar-refractivity contribution is -0.116. The fourth-order valence-electron chi connectivity index (χ4n) is 2.32. The van der Waals surface area contributed by atoms with Crippen molar-refractivity contribution in [3.63, 3.8) is 0 Å². The van der Waals surface area contributed by atoms with E-state index in [-0.39, 0.29) is 18.2 Å². The number of rotatable bonds is 6. The molecule has 0 saturated heterocycles. The van der Waals surface area contributed by atoms with Gasteiger partial charge >= 0.3 is 0 Å². The second kappa shape index (κ2) is 8.59. The van der Waals surface area contributed by atoms with E-state index in [9.17, 15) is 9.59 Å². The van der Waals surface area contributed by atoms with Crippen LogP contribution in [0, 0.1) is 11.8 Å². The third kappa shape index (κ3) is 4.68. The highest BCUT2D eigenvalue weighted by Gasteiger charge is 2.26. The van der Waals surface area contributed by atoms with Gasteiger partial charge < -0.3 is 5.11 Å².